The van der Waals surface area contributed by atoms with Crippen molar-refractivity contribution in [2.75, 3.05) is 37.4 Å². The van der Waals surface area contributed by atoms with Gasteiger partial charge in [-0.25, -0.2) is 9.18 Å². The second kappa shape index (κ2) is 14.4. The highest BCUT2D eigenvalue weighted by molar-refractivity contribution is 6.04. The molecule has 3 N–H and O–H groups in total. The van der Waals surface area contributed by atoms with Crippen LogP contribution in [0.4, 0.5) is 20.6 Å². The van der Waals surface area contributed by atoms with E-state index < -0.39 is 17.9 Å². The smallest absolute Gasteiger partial charge is 0.323 e. The topological polar surface area (TPSA) is 94.1 Å². The SMILES string of the molecule is C[C@H](CO)N1C[C@H](C)[C@@H](CN(C)Cc2ccc(-c3ccccc3)cc2)Oc2c(NC(=O)Nc3ccc(F)cc3)cccc2C1=O. The maximum Gasteiger partial charge on any atom is 0.323 e. The molecule has 0 saturated heterocycles. The van der Waals surface area contributed by atoms with Gasteiger partial charge in [-0.15, -0.1) is 0 Å². The van der Waals surface area contributed by atoms with Crippen LogP contribution in [-0.2, 0) is 6.54 Å². The average molecular weight is 611 g/mol. The van der Waals surface area contributed by atoms with Crippen LogP contribution in [0.2, 0.25) is 0 Å². The van der Waals surface area contributed by atoms with Crippen molar-refractivity contribution in [3.63, 3.8) is 0 Å². The molecule has 0 unspecified atom stereocenters. The molecule has 0 aromatic heterocycles. The van der Waals surface area contributed by atoms with Gasteiger partial charge in [0.15, 0.2) is 5.75 Å². The van der Waals surface area contributed by atoms with Gasteiger partial charge in [-0.1, -0.05) is 67.6 Å². The molecule has 4 aromatic carbocycles. The van der Waals surface area contributed by atoms with Crippen LogP contribution < -0.4 is 15.4 Å². The van der Waals surface area contributed by atoms with Crippen LogP contribution in [0.15, 0.2) is 97.1 Å². The van der Waals surface area contributed by atoms with Crippen LogP contribution >= 0.6 is 0 Å². The molecule has 8 nitrogen and oxygen atoms in total. The zero-order valence-electron chi connectivity index (χ0n) is 25.7. The Hall–Kier alpha value is -4.73. The van der Waals surface area contributed by atoms with E-state index in [0.29, 0.717) is 36.6 Å². The zero-order valence-corrected chi connectivity index (χ0v) is 25.7. The summed E-state index contributed by atoms with van der Waals surface area (Å²) in [5.41, 5.74) is 4.52. The molecule has 9 heteroatoms. The highest BCUT2D eigenvalue weighted by atomic mass is 19.1. The quantitative estimate of drug-likeness (QED) is 0.202. The summed E-state index contributed by atoms with van der Waals surface area (Å²) < 4.78 is 20.0. The van der Waals surface area contributed by atoms with Crippen LogP contribution in [-0.4, -0.2) is 65.7 Å². The van der Waals surface area contributed by atoms with E-state index in [9.17, 15) is 19.1 Å². The van der Waals surface area contributed by atoms with E-state index in [1.54, 1.807) is 23.1 Å². The lowest BCUT2D eigenvalue weighted by molar-refractivity contribution is 0.0343. The van der Waals surface area contributed by atoms with E-state index in [2.05, 4.69) is 51.9 Å². The van der Waals surface area contributed by atoms with Crippen LogP contribution in [0.3, 0.4) is 0 Å². The number of hydrogen-bond donors (Lipinski definition) is 3. The Morgan fingerprint density at radius 3 is 2.36 bits per heavy atom. The summed E-state index contributed by atoms with van der Waals surface area (Å²) in [7, 11) is 2.03. The molecule has 0 spiro atoms. The lowest BCUT2D eigenvalue weighted by Crippen LogP contribution is -2.49. The molecule has 0 fully saturated rings. The Bertz CT molecular complexity index is 1600. The second-order valence-corrected chi connectivity index (χ2v) is 11.7. The van der Waals surface area contributed by atoms with E-state index in [1.165, 1.54) is 29.8 Å². The summed E-state index contributed by atoms with van der Waals surface area (Å²) >= 11 is 0. The third-order valence-electron chi connectivity index (χ3n) is 8.05. The highest BCUT2D eigenvalue weighted by Crippen LogP contribution is 2.35. The van der Waals surface area contributed by atoms with Crippen LogP contribution in [0, 0.1) is 11.7 Å². The summed E-state index contributed by atoms with van der Waals surface area (Å²) in [6.07, 6.45) is -0.345. The van der Waals surface area contributed by atoms with Gasteiger partial charge in [0.2, 0.25) is 0 Å². The van der Waals surface area contributed by atoms with Gasteiger partial charge in [-0.3, -0.25) is 9.69 Å². The minimum Gasteiger partial charge on any atom is -0.486 e. The predicted octanol–water partition coefficient (Wildman–Crippen LogP) is 6.49. The number of amides is 3. The predicted molar refractivity (Wildman–Crippen MR) is 175 cm³/mol. The summed E-state index contributed by atoms with van der Waals surface area (Å²) in [4.78, 5) is 30.5. The summed E-state index contributed by atoms with van der Waals surface area (Å²) in [6.45, 7) is 5.28. The molecule has 0 aliphatic carbocycles. The number of fused-ring (bicyclic) bond motifs is 1. The first kappa shape index (κ1) is 31.7. The van der Waals surface area contributed by atoms with E-state index in [1.807, 2.05) is 39.1 Å². The lowest BCUT2D eigenvalue weighted by atomic mass is 9.98. The zero-order chi connectivity index (χ0) is 31.9. The molecule has 1 heterocycles. The molecule has 1 aliphatic heterocycles. The largest absolute Gasteiger partial charge is 0.486 e. The first-order valence-corrected chi connectivity index (χ1v) is 15.1. The standard InChI is InChI=1S/C36H39FN4O4/c1-24-20-41(25(2)23-42)35(43)31-10-7-11-32(39-36(44)38-30-18-16-29(37)17-19-30)34(31)45-33(24)22-40(3)21-26-12-14-28(15-13-26)27-8-5-4-6-9-27/h4-19,24-25,33,42H,20-23H2,1-3H3,(H2,38,39,44)/t24-,25+,33+/m0/s1. The number of rotatable bonds is 9. The average Bonchev–Trinajstić information content (AvgIpc) is 3.04. The summed E-state index contributed by atoms with van der Waals surface area (Å²) in [6, 6.07) is 28.2. The molecule has 3 amide bonds. The number of carbonyl (C=O) groups excluding carboxylic acids is 2. The van der Waals surface area contributed by atoms with Gasteiger partial charge in [0.05, 0.1) is 23.9 Å². The highest BCUT2D eigenvalue weighted by Gasteiger charge is 2.34. The molecule has 45 heavy (non-hydrogen) atoms. The van der Waals surface area contributed by atoms with Gasteiger partial charge >= 0.3 is 6.03 Å². The van der Waals surface area contributed by atoms with Crippen molar-refractivity contribution < 1.29 is 23.8 Å². The third-order valence-corrected chi connectivity index (χ3v) is 8.05. The van der Waals surface area contributed by atoms with Gasteiger partial charge in [0.1, 0.15) is 11.9 Å². The molecule has 4 aromatic rings. The Labute approximate surface area is 263 Å². The van der Waals surface area contributed by atoms with Crippen molar-refractivity contribution in [1.82, 2.24) is 9.80 Å². The minimum absolute atomic E-state index is 0.0971. The second-order valence-electron chi connectivity index (χ2n) is 11.7. The van der Waals surface area contributed by atoms with Crippen molar-refractivity contribution in [3.05, 3.63) is 114 Å². The molecule has 234 valence electrons. The minimum atomic E-state index is -0.561. The first-order chi connectivity index (χ1) is 21.7. The van der Waals surface area contributed by atoms with Crippen LogP contribution in [0.1, 0.15) is 29.8 Å². The molecule has 0 saturated carbocycles. The molecular weight excluding hydrogens is 571 g/mol. The molecule has 3 atom stereocenters. The number of urea groups is 1. The van der Waals surface area contributed by atoms with Crippen LogP contribution in [0.5, 0.6) is 5.75 Å². The van der Waals surface area contributed by atoms with Gasteiger partial charge in [-0.05, 0) is 67.1 Å². The molecular formula is C36H39FN4O4. The number of aliphatic hydroxyl groups is 1. The number of halogens is 1. The number of anilines is 2. The van der Waals surface area contributed by atoms with E-state index in [-0.39, 0.29) is 30.3 Å². The van der Waals surface area contributed by atoms with Crippen molar-refractivity contribution >= 4 is 23.3 Å². The molecule has 0 bridgehead atoms. The third kappa shape index (κ3) is 7.87. The number of ether oxygens (including phenoxy) is 1. The van der Waals surface area contributed by atoms with Gasteiger partial charge < -0.3 is 25.4 Å². The van der Waals surface area contributed by atoms with Gasteiger partial charge in [0.25, 0.3) is 5.91 Å². The summed E-state index contributed by atoms with van der Waals surface area (Å²) in [5.74, 6) is -0.524. The Morgan fingerprint density at radius 2 is 1.67 bits per heavy atom. The Morgan fingerprint density at radius 1 is 0.978 bits per heavy atom. The van der Waals surface area contributed by atoms with Crippen molar-refractivity contribution in [3.8, 4) is 16.9 Å². The number of aliphatic hydroxyl groups excluding tert-OH is 1. The molecule has 0 radical (unpaired) electrons. The van der Waals surface area contributed by atoms with Crippen LogP contribution in [0.25, 0.3) is 11.1 Å². The van der Waals surface area contributed by atoms with Crippen molar-refractivity contribution in [2.45, 2.75) is 32.5 Å². The fourth-order valence-corrected chi connectivity index (χ4v) is 5.49. The molecule has 1 aliphatic rings. The number of likely N-dealkylation sites (N-methyl/N-ethyl adjacent to an activating group) is 1. The number of hydrogen-bond acceptors (Lipinski definition) is 5. The van der Waals surface area contributed by atoms with E-state index in [0.717, 1.165) is 11.1 Å². The summed E-state index contributed by atoms with van der Waals surface area (Å²) in [5, 5.41) is 15.5. The fourth-order valence-electron chi connectivity index (χ4n) is 5.49. The van der Waals surface area contributed by atoms with Gasteiger partial charge in [0, 0.05) is 31.2 Å². The maximum absolute atomic E-state index is 13.8. The monoisotopic (exact) mass is 610 g/mol. The van der Waals surface area contributed by atoms with Crippen molar-refractivity contribution in [2.24, 2.45) is 5.92 Å². The molecule has 5 rings (SSSR count). The number of carbonyl (C=O) groups is 2. The number of nitrogens with zero attached hydrogens (tertiary/aromatic N) is 2. The van der Waals surface area contributed by atoms with Gasteiger partial charge in [-0.2, -0.15) is 0 Å². The number of benzene rings is 4. The number of nitrogens with one attached hydrogen (secondary N) is 2. The maximum atomic E-state index is 13.8. The Balaban J connectivity index is 1.37. The first-order valence-electron chi connectivity index (χ1n) is 15.1. The van der Waals surface area contributed by atoms with E-state index >= 15 is 0 Å². The van der Waals surface area contributed by atoms with E-state index in [4.69, 9.17) is 4.74 Å². The fraction of sp³-hybridized carbons (Fsp3) is 0.278. The number of para-hydroxylation sites is 1. The lowest BCUT2D eigenvalue weighted by Gasteiger charge is -2.38. The normalized spacial score (nSPS) is 17.1. The Kier molecular flexibility index (Phi) is 10.1. The van der Waals surface area contributed by atoms with Crippen molar-refractivity contribution in [1.29, 1.82) is 0 Å².